The summed E-state index contributed by atoms with van der Waals surface area (Å²) in [5.74, 6) is -0.752. The molecule has 2 amide bonds. The summed E-state index contributed by atoms with van der Waals surface area (Å²) in [5, 5.41) is 14.3. The summed E-state index contributed by atoms with van der Waals surface area (Å²) in [6, 6.07) is 0.255. The van der Waals surface area contributed by atoms with Gasteiger partial charge in [-0.25, -0.2) is 4.79 Å². The Bertz CT molecular complexity index is 263. The molecule has 0 aromatic carbocycles. The molecule has 1 aliphatic rings. The number of carboxylic acids is 1. The summed E-state index contributed by atoms with van der Waals surface area (Å²) >= 11 is 0. The highest BCUT2D eigenvalue weighted by molar-refractivity contribution is 5.74. The Labute approximate surface area is 108 Å². The van der Waals surface area contributed by atoms with Gasteiger partial charge in [-0.2, -0.15) is 0 Å². The molecule has 1 aliphatic carbocycles. The van der Waals surface area contributed by atoms with Gasteiger partial charge in [0.1, 0.15) is 0 Å². The summed E-state index contributed by atoms with van der Waals surface area (Å²) in [5.41, 5.74) is 0. The van der Waals surface area contributed by atoms with Crippen LogP contribution < -0.4 is 10.6 Å². The fraction of sp³-hybridized carbons (Fsp3) is 0.846. The molecule has 1 rings (SSSR count). The van der Waals surface area contributed by atoms with Crippen molar-refractivity contribution in [2.45, 2.75) is 63.8 Å². The smallest absolute Gasteiger partial charge is 0.315 e. The van der Waals surface area contributed by atoms with Gasteiger partial charge in [-0.1, -0.05) is 25.7 Å². The molecular weight excluding hydrogens is 232 g/mol. The fourth-order valence-corrected chi connectivity index (χ4v) is 2.26. The van der Waals surface area contributed by atoms with Crippen LogP contribution >= 0.6 is 0 Å². The summed E-state index contributed by atoms with van der Waals surface area (Å²) < 4.78 is 0. The first-order valence-electron chi connectivity index (χ1n) is 6.94. The first-order chi connectivity index (χ1) is 8.68. The highest BCUT2D eigenvalue weighted by Gasteiger charge is 2.14. The van der Waals surface area contributed by atoms with Crippen LogP contribution in [-0.4, -0.2) is 29.7 Å². The molecule has 0 unspecified atom stereocenters. The maximum atomic E-state index is 11.5. The number of amides is 2. The third kappa shape index (κ3) is 7.14. The second kappa shape index (κ2) is 8.78. The predicted molar refractivity (Wildman–Crippen MR) is 69.5 cm³/mol. The van der Waals surface area contributed by atoms with Crippen LogP contribution in [0.25, 0.3) is 0 Å². The minimum Gasteiger partial charge on any atom is -0.481 e. The zero-order valence-electron chi connectivity index (χ0n) is 10.9. The largest absolute Gasteiger partial charge is 0.481 e. The summed E-state index contributed by atoms with van der Waals surface area (Å²) in [4.78, 5) is 21.8. The third-order valence-corrected chi connectivity index (χ3v) is 3.29. The van der Waals surface area contributed by atoms with Gasteiger partial charge in [-0.15, -0.1) is 0 Å². The van der Waals surface area contributed by atoms with Crippen LogP contribution in [0.3, 0.4) is 0 Å². The van der Waals surface area contributed by atoms with Crippen LogP contribution in [0.5, 0.6) is 0 Å². The van der Waals surface area contributed by atoms with Crippen molar-refractivity contribution in [2.24, 2.45) is 0 Å². The van der Waals surface area contributed by atoms with Gasteiger partial charge in [-0.05, 0) is 25.7 Å². The number of unbranched alkanes of at least 4 members (excludes halogenated alkanes) is 2. The van der Waals surface area contributed by atoms with Crippen molar-refractivity contribution in [3.63, 3.8) is 0 Å². The van der Waals surface area contributed by atoms with Gasteiger partial charge in [0.15, 0.2) is 0 Å². The van der Waals surface area contributed by atoms with Crippen LogP contribution in [0.2, 0.25) is 0 Å². The van der Waals surface area contributed by atoms with Crippen LogP contribution in [0.1, 0.15) is 57.8 Å². The summed E-state index contributed by atoms with van der Waals surface area (Å²) in [7, 11) is 0. The Hall–Kier alpha value is -1.26. The van der Waals surface area contributed by atoms with Crippen molar-refractivity contribution in [1.29, 1.82) is 0 Å². The first-order valence-corrected chi connectivity index (χ1v) is 6.94. The molecule has 0 aromatic heterocycles. The van der Waals surface area contributed by atoms with Gasteiger partial charge in [0.25, 0.3) is 0 Å². The lowest BCUT2D eigenvalue weighted by Gasteiger charge is -2.22. The van der Waals surface area contributed by atoms with E-state index in [2.05, 4.69) is 10.6 Å². The maximum absolute atomic E-state index is 11.5. The third-order valence-electron chi connectivity index (χ3n) is 3.29. The molecule has 1 fully saturated rings. The number of hydrogen-bond donors (Lipinski definition) is 3. The molecule has 3 N–H and O–H groups in total. The molecular formula is C13H24N2O3. The van der Waals surface area contributed by atoms with E-state index in [1.807, 2.05) is 0 Å². The molecule has 0 saturated heterocycles. The molecule has 0 aromatic rings. The van der Waals surface area contributed by atoms with Crippen LogP contribution in [-0.2, 0) is 4.79 Å². The van der Waals surface area contributed by atoms with Crippen molar-refractivity contribution < 1.29 is 14.7 Å². The van der Waals surface area contributed by atoms with Crippen LogP contribution in [0.15, 0.2) is 0 Å². The van der Waals surface area contributed by atoms with Crippen molar-refractivity contribution in [3.05, 3.63) is 0 Å². The number of rotatable bonds is 7. The number of nitrogens with one attached hydrogen (secondary N) is 2. The highest BCUT2D eigenvalue weighted by atomic mass is 16.4. The molecule has 5 nitrogen and oxygen atoms in total. The van der Waals surface area contributed by atoms with E-state index in [1.54, 1.807) is 0 Å². The molecule has 0 radical (unpaired) electrons. The van der Waals surface area contributed by atoms with E-state index in [1.165, 1.54) is 19.3 Å². The van der Waals surface area contributed by atoms with Crippen molar-refractivity contribution >= 4 is 12.0 Å². The van der Waals surface area contributed by atoms with Gasteiger partial charge in [0.05, 0.1) is 0 Å². The molecule has 0 aliphatic heterocycles. The average Bonchev–Trinajstić information content (AvgIpc) is 2.34. The Kier molecular flexibility index (Phi) is 7.22. The summed E-state index contributed by atoms with van der Waals surface area (Å²) in [6.07, 6.45) is 8.46. The normalized spacial score (nSPS) is 16.2. The number of hydrogen-bond acceptors (Lipinski definition) is 2. The molecule has 104 valence electrons. The number of carboxylic acid groups (broad SMARTS) is 1. The van der Waals surface area contributed by atoms with E-state index in [0.717, 1.165) is 25.7 Å². The molecule has 0 bridgehead atoms. The van der Waals surface area contributed by atoms with Crippen molar-refractivity contribution in [2.75, 3.05) is 6.54 Å². The van der Waals surface area contributed by atoms with Gasteiger partial charge in [-0.3, -0.25) is 4.79 Å². The van der Waals surface area contributed by atoms with E-state index in [-0.39, 0.29) is 12.5 Å². The molecule has 0 heterocycles. The van der Waals surface area contributed by atoms with Gasteiger partial charge < -0.3 is 15.7 Å². The Morgan fingerprint density at radius 2 is 1.78 bits per heavy atom. The predicted octanol–water partition coefficient (Wildman–Crippen LogP) is 2.26. The first kappa shape index (κ1) is 14.8. The standard InChI is InChI=1S/C13H24N2O3/c16-12(17)9-5-2-6-10-14-13(18)15-11-7-3-1-4-8-11/h11H,1-10H2,(H,16,17)(H2,14,15,18). The highest BCUT2D eigenvalue weighted by Crippen LogP contribution is 2.17. The minimum absolute atomic E-state index is 0.0832. The van der Waals surface area contributed by atoms with Gasteiger partial charge in [0.2, 0.25) is 0 Å². The molecule has 1 saturated carbocycles. The summed E-state index contributed by atoms with van der Waals surface area (Å²) in [6.45, 7) is 0.623. The number of carbonyl (C=O) groups excluding carboxylic acids is 1. The molecule has 18 heavy (non-hydrogen) atoms. The Balaban J connectivity index is 1.94. The van der Waals surface area contributed by atoms with Crippen LogP contribution in [0, 0.1) is 0 Å². The minimum atomic E-state index is -0.752. The fourth-order valence-electron chi connectivity index (χ4n) is 2.26. The molecule has 5 heteroatoms. The zero-order valence-corrected chi connectivity index (χ0v) is 10.9. The van der Waals surface area contributed by atoms with Crippen LogP contribution in [0.4, 0.5) is 4.79 Å². The molecule has 0 spiro atoms. The lowest BCUT2D eigenvalue weighted by molar-refractivity contribution is -0.137. The number of carbonyl (C=O) groups is 2. The second-order valence-electron chi connectivity index (χ2n) is 4.94. The van der Waals surface area contributed by atoms with Gasteiger partial charge in [0, 0.05) is 19.0 Å². The maximum Gasteiger partial charge on any atom is 0.315 e. The van der Waals surface area contributed by atoms with E-state index in [9.17, 15) is 9.59 Å². The van der Waals surface area contributed by atoms with Crippen molar-refractivity contribution in [3.8, 4) is 0 Å². The topological polar surface area (TPSA) is 78.4 Å². The Morgan fingerprint density at radius 3 is 2.44 bits per heavy atom. The zero-order chi connectivity index (χ0) is 13.2. The lowest BCUT2D eigenvalue weighted by atomic mass is 9.96. The average molecular weight is 256 g/mol. The Morgan fingerprint density at radius 1 is 1.06 bits per heavy atom. The SMILES string of the molecule is O=C(O)CCCCCNC(=O)NC1CCCCC1. The number of urea groups is 1. The monoisotopic (exact) mass is 256 g/mol. The quantitative estimate of drug-likeness (QED) is 0.611. The molecule has 0 atom stereocenters. The van der Waals surface area contributed by atoms with E-state index in [0.29, 0.717) is 19.0 Å². The van der Waals surface area contributed by atoms with Crippen molar-refractivity contribution in [1.82, 2.24) is 10.6 Å². The van der Waals surface area contributed by atoms with E-state index >= 15 is 0 Å². The second-order valence-corrected chi connectivity index (χ2v) is 4.94. The van der Waals surface area contributed by atoms with E-state index < -0.39 is 5.97 Å². The number of aliphatic carboxylic acids is 1. The van der Waals surface area contributed by atoms with E-state index in [4.69, 9.17) is 5.11 Å². The lowest BCUT2D eigenvalue weighted by Crippen LogP contribution is -2.43. The van der Waals surface area contributed by atoms with Gasteiger partial charge >= 0.3 is 12.0 Å².